The zero-order valence-corrected chi connectivity index (χ0v) is 12.1. The van der Waals surface area contributed by atoms with Gasteiger partial charge in [-0.05, 0) is 57.5 Å². The summed E-state index contributed by atoms with van der Waals surface area (Å²) >= 11 is 6.22. The van der Waals surface area contributed by atoms with E-state index in [2.05, 4.69) is 30.3 Å². The Kier molecular flexibility index (Phi) is 5.04. The van der Waals surface area contributed by atoms with Crippen molar-refractivity contribution in [3.05, 3.63) is 34.9 Å². The van der Waals surface area contributed by atoms with E-state index >= 15 is 0 Å². The smallest absolute Gasteiger partial charge is 0.0453 e. The fraction of sp³-hybridized carbons (Fsp3) is 0.600. The summed E-state index contributed by atoms with van der Waals surface area (Å²) < 4.78 is 0. The molecule has 0 bridgehead atoms. The Labute approximate surface area is 115 Å². The van der Waals surface area contributed by atoms with Crippen LogP contribution in [-0.2, 0) is 0 Å². The summed E-state index contributed by atoms with van der Waals surface area (Å²) in [6.45, 7) is 5.73. The Bertz CT molecular complexity index is 381. The lowest BCUT2D eigenvalue weighted by Gasteiger charge is -2.30. The standard InChI is InChI=1S/C15H23ClN2/c1-12(14-7-3-4-8-15(14)16)17-10-13-6-5-9-18(2)11-13/h3-4,7-8,12-13,17H,5-6,9-11H2,1-2H3/t12-,13?/m1/s1. The molecule has 0 amide bonds. The normalized spacial score (nSPS) is 22.9. The monoisotopic (exact) mass is 266 g/mol. The Balaban J connectivity index is 1.84. The van der Waals surface area contributed by atoms with Gasteiger partial charge in [0.25, 0.3) is 0 Å². The van der Waals surface area contributed by atoms with Crippen molar-refractivity contribution >= 4 is 11.6 Å². The number of hydrogen-bond donors (Lipinski definition) is 1. The molecule has 1 aromatic rings. The van der Waals surface area contributed by atoms with Crippen molar-refractivity contribution in [2.24, 2.45) is 5.92 Å². The van der Waals surface area contributed by atoms with E-state index in [9.17, 15) is 0 Å². The molecule has 0 aromatic heterocycles. The van der Waals surface area contributed by atoms with E-state index < -0.39 is 0 Å². The summed E-state index contributed by atoms with van der Waals surface area (Å²) in [4.78, 5) is 2.43. The van der Waals surface area contributed by atoms with Crippen LogP contribution in [0.15, 0.2) is 24.3 Å². The lowest BCUT2D eigenvalue weighted by molar-refractivity contribution is 0.203. The summed E-state index contributed by atoms with van der Waals surface area (Å²) in [6, 6.07) is 8.42. The molecule has 1 aliphatic rings. The molecule has 0 saturated carbocycles. The Morgan fingerprint density at radius 1 is 1.44 bits per heavy atom. The van der Waals surface area contributed by atoms with E-state index in [0.717, 1.165) is 17.5 Å². The number of nitrogens with one attached hydrogen (secondary N) is 1. The Morgan fingerprint density at radius 2 is 2.22 bits per heavy atom. The minimum absolute atomic E-state index is 0.325. The Hall–Kier alpha value is -0.570. The number of piperidine rings is 1. The topological polar surface area (TPSA) is 15.3 Å². The van der Waals surface area contributed by atoms with Crippen LogP contribution in [0.2, 0.25) is 5.02 Å². The molecule has 18 heavy (non-hydrogen) atoms. The predicted octanol–water partition coefficient (Wildman–Crippen LogP) is 3.33. The average molecular weight is 267 g/mol. The van der Waals surface area contributed by atoms with Gasteiger partial charge in [-0.1, -0.05) is 29.8 Å². The third-order valence-electron chi connectivity index (χ3n) is 3.81. The number of benzene rings is 1. The first-order valence-corrected chi connectivity index (χ1v) is 7.21. The zero-order valence-electron chi connectivity index (χ0n) is 11.3. The molecule has 1 saturated heterocycles. The highest BCUT2D eigenvalue weighted by atomic mass is 35.5. The van der Waals surface area contributed by atoms with E-state index in [4.69, 9.17) is 11.6 Å². The second-order valence-corrected chi connectivity index (χ2v) is 5.83. The van der Waals surface area contributed by atoms with Gasteiger partial charge in [0.2, 0.25) is 0 Å². The molecular formula is C15H23ClN2. The van der Waals surface area contributed by atoms with Crippen LogP contribution in [0.4, 0.5) is 0 Å². The van der Waals surface area contributed by atoms with Gasteiger partial charge in [0.15, 0.2) is 0 Å². The highest BCUT2D eigenvalue weighted by Crippen LogP contribution is 2.23. The molecule has 0 aliphatic carbocycles. The maximum atomic E-state index is 6.22. The number of rotatable bonds is 4. The molecule has 1 unspecified atom stereocenters. The van der Waals surface area contributed by atoms with Crippen molar-refractivity contribution < 1.29 is 0 Å². The van der Waals surface area contributed by atoms with Crippen LogP contribution in [0.1, 0.15) is 31.4 Å². The van der Waals surface area contributed by atoms with Gasteiger partial charge < -0.3 is 10.2 Å². The molecule has 1 heterocycles. The van der Waals surface area contributed by atoms with Gasteiger partial charge in [-0.2, -0.15) is 0 Å². The summed E-state index contributed by atoms with van der Waals surface area (Å²) in [7, 11) is 2.21. The maximum Gasteiger partial charge on any atom is 0.0453 e. The highest BCUT2D eigenvalue weighted by molar-refractivity contribution is 6.31. The van der Waals surface area contributed by atoms with Gasteiger partial charge in [-0.25, -0.2) is 0 Å². The van der Waals surface area contributed by atoms with Crippen molar-refractivity contribution in [2.75, 3.05) is 26.7 Å². The van der Waals surface area contributed by atoms with Gasteiger partial charge in [0.1, 0.15) is 0 Å². The van der Waals surface area contributed by atoms with Crippen molar-refractivity contribution in [3.63, 3.8) is 0 Å². The summed E-state index contributed by atoms with van der Waals surface area (Å²) in [5.74, 6) is 0.772. The summed E-state index contributed by atoms with van der Waals surface area (Å²) in [5.41, 5.74) is 1.20. The number of likely N-dealkylation sites (tertiary alicyclic amines) is 1. The lowest BCUT2D eigenvalue weighted by atomic mass is 9.97. The van der Waals surface area contributed by atoms with Crippen LogP contribution in [-0.4, -0.2) is 31.6 Å². The van der Waals surface area contributed by atoms with E-state index in [0.29, 0.717) is 6.04 Å². The van der Waals surface area contributed by atoms with Crippen LogP contribution >= 0.6 is 11.6 Å². The van der Waals surface area contributed by atoms with E-state index in [1.54, 1.807) is 0 Å². The van der Waals surface area contributed by atoms with Crippen molar-refractivity contribution in [1.29, 1.82) is 0 Å². The van der Waals surface area contributed by atoms with Gasteiger partial charge >= 0.3 is 0 Å². The average Bonchev–Trinajstić information content (AvgIpc) is 2.37. The lowest BCUT2D eigenvalue weighted by Crippen LogP contribution is -2.38. The minimum atomic E-state index is 0.325. The van der Waals surface area contributed by atoms with Gasteiger partial charge in [-0.15, -0.1) is 0 Å². The van der Waals surface area contributed by atoms with Crippen molar-refractivity contribution in [2.45, 2.75) is 25.8 Å². The second-order valence-electron chi connectivity index (χ2n) is 5.42. The summed E-state index contributed by atoms with van der Waals surface area (Å²) in [5, 5.41) is 4.48. The third kappa shape index (κ3) is 3.71. The predicted molar refractivity (Wildman–Crippen MR) is 78.1 cm³/mol. The molecule has 100 valence electrons. The minimum Gasteiger partial charge on any atom is -0.310 e. The highest BCUT2D eigenvalue weighted by Gasteiger charge is 2.18. The van der Waals surface area contributed by atoms with Gasteiger partial charge in [0.05, 0.1) is 0 Å². The van der Waals surface area contributed by atoms with Crippen LogP contribution in [0.3, 0.4) is 0 Å². The molecule has 1 aliphatic heterocycles. The first kappa shape index (κ1) is 13.9. The molecule has 1 aromatic carbocycles. The number of hydrogen-bond acceptors (Lipinski definition) is 2. The quantitative estimate of drug-likeness (QED) is 0.899. The third-order valence-corrected chi connectivity index (χ3v) is 4.15. The molecule has 3 heteroatoms. The fourth-order valence-electron chi connectivity index (χ4n) is 2.72. The van der Waals surface area contributed by atoms with Crippen LogP contribution in [0.5, 0.6) is 0 Å². The molecule has 2 nitrogen and oxygen atoms in total. The first-order chi connectivity index (χ1) is 8.66. The van der Waals surface area contributed by atoms with Crippen LogP contribution < -0.4 is 5.32 Å². The molecular weight excluding hydrogens is 244 g/mol. The largest absolute Gasteiger partial charge is 0.310 e. The van der Waals surface area contributed by atoms with Crippen LogP contribution in [0.25, 0.3) is 0 Å². The molecule has 0 radical (unpaired) electrons. The van der Waals surface area contributed by atoms with Crippen molar-refractivity contribution in [3.8, 4) is 0 Å². The molecule has 2 rings (SSSR count). The SMILES string of the molecule is C[C@@H](NCC1CCCN(C)C1)c1ccccc1Cl. The number of nitrogens with zero attached hydrogens (tertiary/aromatic N) is 1. The van der Waals surface area contributed by atoms with E-state index in [1.807, 2.05) is 18.2 Å². The summed E-state index contributed by atoms with van der Waals surface area (Å²) in [6.07, 6.45) is 2.66. The molecule has 2 atom stereocenters. The zero-order chi connectivity index (χ0) is 13.0. The van der Waals surface area contributed by atoms with E-state index in [1.165, 1.54) is 31.5 Å². The fourth-order valence-corrected chi connectivity index (χ4v) is 3.02. The molecule has 0 spiro atoms. The number of halogens is 1. The molecule has 1 N–H and O–H groups in total. The van der Waals surface area contributed by atoms with Crippen LogP contribution in [0, 0.1) is 5.92 Å². The molecule has 1 fully saturated rings. The van der Waals surface area contributed by atoms with Gasteiger partial charge in [0, 0.05) is 17.6 Å². The Morgan fingerprint density at radius 3 is 2.94 bits per heavy atom. The second kappa shape index (κ2) is 6.55. The van der Waals surface area contributed by atoms with Crippen molar-refractivity contribution in [1.82, 2.24) is 10.2 Å². The maximum absolute atomic E-state index is 6.22. The first-order valence-electron chi connectivity index (χ1n) is 6.83. The van der Waals surface area contributed by atoms with E-state index in [-0.39, 0.29) is 0 Å². The van der Waals surface area contributed by atoms with Gasteiger partial charge in [-0.3, -0.25) is 0 Å².